The highest BCUT2D eigenvalue weighted by atomic mass is 32.1. The van der Waals surface area contributed by atoms with E-state index in [-0.39, 0.29) is 12.6 Å². The van der Waals surface area contributed by atoms with Crippen LogP contribution in [0.4, 0.5) is 16.2 Å². The number of hydrogen-bond donors (Lipinski definition) is 3. The summed E-state index contributed by atoms with van der Waals surface area (Å²) in [6.45, 7) is 1.83. The van der Waals surface area contributed by atoms with Crippen molar-refractivity contribution < 1.29 is 9.90 Å². The Bertz CT molecular complexity index is 607. The molecule has 0 saturated carbocycles. The SMILES string of the molecule is CN(C)c1ccc(NC(=O)NCC(C)(O)c2ccsc2)cc1. The predicted molar refractivity (Wildman–Crippen MR) is 91.7 cm³/mol. The third kappa shape index (κ3) is 4.22. The highest BCUT2D eigenvalue weighted by Gasteiger charge is 2.24. The Labute approximate surface area is 134 Å². The molecule has 5 nitrogen and oxygen atoms in total. The molecule has 1 aromatic heterocycles. The lowest BCUT2D eigenvalue weighted by molar-refractivity contribution is 0.0604. The van der Waals surface area contributed by atoms with Crippen molar-refractivity contribution >= 4 is 28.7 Å². The number of carbonyl (C=O) groups excluding carboxylic acids is 1. The highest BCUT2D eigenvalue weighted by molar-refractivity contribution is 7.08. The summed E-state index contributed by atoms with van der Waals surface area (Å²) < 4.78 is 0. The van der Waals surface area contributed by atoms with E-state index in [2.05, 4.69) is 10.6 Å². The molecule has 0 bridgehead atoms. The second kappa shape index (κ2) is 6.81. The van der Waals surface area contributed by atoms with Crippen LogP contribution in [0.15, 0.2) is 41.1 Å². The van der Waals surface area contributed by atoms with Gasteiger partial charge in [-0.3, -0.25) is 0 Å². The Morgan fingerprint density at radius 2 is 1.95 bits per heavy atom. The standard InChI is InChI=1S/C16H21N3O2S/c1-16(21,12-8-9-22-10-12)11-17-15(20)18-13-4-6-14(7-5-13)19(2)3/h4-10,21H,11H2,1-3H3,(H2,17,18,20). The topological polar surface area (TPSA) is 64.6 Å². The molecule has 1 unspecified atom stereocenters. The summed E-state index contributed by atoms with van der Waals surface area (Å²) in [6, 6.07) is 9.05. The molecule has 2 amide bonds. The zero-order chi connectivity index (χ0) is 16.2. The smallest absolute Gasteiger partial charge is 0.319 e. The zero-order valence-corrected chi connectivity index (χ0v) is 13.8. The van der Waals surface area contributed by atoms with Crippen LogP contribution in [0, 0.1) is 0 Å². The van der Waals surface area contributed by atoms with Crippen molar-refractivity contribution in [3.05, 3.63) is 46.7 Å². The van der Waals surface area contributed by atoms with Crippen LogP contribution in [0.3, 0.4) is 0 Å². The molecule has 3 N–H and O–H groups in total. The van der Waals surface area contributed by atoms with Gasteiger partial charge in [-0.05, 0) is 53.6 Å². The molecule has 0 fully saturated rings. The van der Waals surface area contributed by atoms with E-state index in [9.17, 15) is 9.90 Å². The summed E-state index contributed by atoms with van der Waals surface area (Å²) >= 11 is 1.51. The van der Waals surface area contributed by atoms with Crippen molar-refractivity contribution in [2.45, 2.75) is 12.5 Å². The van der Waals surface area contributed by atoms with Gasteiger partial charge in [-0.1, -0.05) is 0 Å². The number of nitrogens with one attached hydrogen (secondary N) is 2. The lowest BCUT2D eigenvalue weighted by atomic mass is 9.99. The molecule has 0 aliphatic rings. The number of urea groups is 1. The first-order valence-electron chi connectivity index (χ1n) is 6.96. The molecule has 1 heterocycles. The van der Waals surface area contributed by atoms with Gasteiger partial charge in [0.05, 0.1) is 6.54 Å². The first kappa shape index (κ1) is 16.3. The van der Waals surface area contributed by atoms with E-state index in [1.165, 1.54) is 11.3 Å². The second-order valence-corrected chi connectivity index (χ2v) is 6.31. The number of rotatable bonds is 5. The average molecular weight is 319 g/mol. The molecule has 2 rings (SSSR count). The number of benzene rings is 1. The number of hydrogen-bond acceptors (Lipinski definition) is 4. The van der Waals surface area contributed by atoms with Gasteiger partial charge in [0.1, 0.15) is 5.60 Å². The van der Waals surface area contributed by atoms with Crippen LogP contribution in [0.1, 0.15) is 12.5 Å². The molecule has 0 aliphatic carbocycles. The number of carbonyl (C=O) groups is 1. The molecule has 6 heteroatoms. The van der Waals surface area contributed by atoms with Crippen LogP contribution < -0.4 is 15.5 Å². The molecule has 1 aromatic carbocycles. The van der Waals surface area contributed by atoms with Crippen LogP contribution in [-0.2, 0) is 5.60 Å². The average Bonchev–Trinajstić information content (AvgIpc) is 3.01. The molecule has 0 spiro atoms. The van der Waals surface area contributed by atoms with E-state index in [0.717, 1.165) is 11.3 Å². The summed E-state index contributed by atoms with van der Waals surface area (Å²) in [5.41, 5.74) is 1.49. The van der Waals surface area contributed by atoms with Gasteiger partial charge in [0.15, 0.2) is 0 Å². The van der Waals surface area contributed by atoms with Crippen molar-refractivity contribution in [2.24, 2.45) is 0 Å². The summed E-state index contributed by atoms with van der Waals surface area (Å²) in [4.78, 5) is 13.9. The van der Waals surface area contributed by atoms with Crippen LogP contribution in [0.2, 0.25) is 0 Å². The van der Waals surface area contributed by atoms with Crippen LogP contribution in [-0.4, -0.2) is 31.8 Å². The van der Waals surface area contributed by atoms with E-state index >= 15 is 0 Å². The van der Waals surface area contributed by atoms with E-state index in [1.54, 1.807) is 6.92 Å². The number of anilines is 2. The van der Waals surface area contributed by atoms with Crippen molar-refractivity contribution in [3.8, 4) is 0 Å². The number of nitrogens with zero attached hydrogens (tertiary/aromatic N) is 1. The second-order valence-electron chi connectivity index (χ2n) is 5.53. The van der Waals surface area contributed by atoms with Gasteiger partial charge < -0.3 is 20.6 Å². The number of aliphatic hydroxyl groups is 1. The minimum absolute atomic E-state index is 0.144. The Balaban J connectivity index is 1.88. The fraction of sp³-hybridized carbons (Fsp3) is 0.312. The van der Waals surface area contributed by atoms with Crippen LogP contribution in [0.5, 0.6) is 0 Å². The van der Waals surface area contributed by atoms with Gasteiger partial charge in [-0.25, -0.2) is 4.79 Å². The Morgan fingerprint density at radius 3 is 2.50 bits per heavy atom. The predicted octanol–water partition coefficient (Wildman–Crippen LogP) is 2.84. The Hall–Kier alpha value is -2.05. The maximum absolute atomic E-state index is 11.9. The summed E-state index contributed by atoms with van der Waals surface area (Å²) in [5.74, 6) is 0. The fourth-order valence-corrected chi connectivity index (χ4v) is 2.73. The van der Waals surface area contributed by atoms with Gasteiger partial charge in [0.25, 0.3) is 0 Å². The van der Waals surface area contributed by atoms with Crippen molar-refractivity contribution in [1.29, 1.82) is 0 Å². The summed E-state index contributed by atoms with van der Waals surface area (Å²) in [6.07, 6.45) is 0. The van der Waals surface area contributed by atoms with E-state index < -0.39 is 5.60 Å². The molecule has 0 saturated heterocycles. The third-order valence-electron chi connectivity index (χ3n) is 3.38. The maximum Gasteiger partial charge on any atom is 0.319 e. The largest absolute Gasteiger partial charge is 0.384 e. The van der Waals surface area contributed by atoms with E-state index in [1.807, 2.05) is 60.1 Å². The first-order chi connectivity index (χ1) is 10.4. The van der Waals surface area contributed by atoms with Crippen LogP contribution >= 0.6 is 11.3 Å². The normalized spacial score (nSPS) is 13.3. The lowest BCUT2D eigenvalue weighted by Crippen LogP contribution is -2.40. The van der Waals surface area contributed by atoms with Gasteiger partial charge in [0.2, 0.25) is 0 Å². The fourth-order valence-electron chi connectivity index (χ4n) is 1.94. The molecule has 22 heavy (non-hydrogen) atoms. The van der Waals surface area contributed by atoms with Gasteiger partial charge >= 0.3 is 6.03 Å². The maximum atomic E-state index is 11.9. The van der Waals surface area contributed by atoms with Gasteiger partial charge in [0, 0.05) is 25.5 Å². The molecule has 1 atom stereocenters. The number of amides is 2. The molecule has 118 valence electrons. The quantitative estimate of drug-likeness (QED) is 0.794. The molecule has 0 radical (unpaired) electrons. The minimum Gasteiger partial charge on any atom is -0.384 e. The monoisotopic (exact) mass is 319 g/mol. The van der Waals surface area contributed by atoms with Crippen LogP contribution in [0.25, 0.3) is 0 Å². The Kier molecular flexibility index (Phi) is 5.05. The van der Waals surface area contributed by atoms with E-state index in [4.69, 9.17) is 0 Å². The molecule has 2 aromatic rings. The third-order valence-corrected chi connectivity index (χ3v) is 4.06. The Morgan fingerprint density at radius 1 is 1.27 bits per heavy atom. The zero-order valence-electron chi connectivity index (χ0n) is 13.0. The van der Waals surface area contributed by atoms with Gasteiger partial charge in [-0.2, -0.15) is 11.3 Å². The molecular weight excluding hydrogens is 298 g/mol. The van der Waals surface area contributed by atoms with Gasteiger partial charge in [-0.15, -0.1) is 0 Å². The highest BCUT2D eigenvalue weighted by Crippen LogP contribution is 2.22. The lowest BCUT2D eigenvalue weighted by Gasteiger charge is -2.23. The van der Waals surface area contributed by atoms with E-state index in [0.29, 0.717) is 5.69 Å². The minimum atomic E-state index is -1.08. The molecule has 0 aliphatic heterocycles. The van der Waals surface area contributed by atoms with Crippen molar-refractivity contribution in [1.82, 2.24) is 5.32 Å². The van der Waals surface area contributed by atoms with Crippen molar-refractivity contribution in [2.75, 3.05) is 30.9 Å². The number of thiophene rings is 1. The van der Waals surface area contributed by atoms with Crippen molar-refractivity contribution in [3.63, 3.8) is 0 Å². The summed E-state index contributed by atoms with van der Waals surface area (Å²) in [5, 5.41) is 19.6. The first-order valence-corrected chi connectivity index (χ1v) is 7.90. The summed E-state index contributed by atoms with van der Waals surface area (Å²) in [7, 11) is 3.92. The molecular formula is C16H21N3O2S.